The van der Waals surface area contributed by atoms with Gasteiger partial charge in [0.15, 0.2) is 0 Å². The molecule has 146 valence electrons. The number of nitro benzene ring substituents is 1. The van der Waals surface area contributed by atoms with E-state index in [0.717, 1.165) is 5.56 Å². The van der Waals surface area contributed by atoms with Crippen LogP contribution in [0.3, 0.4) is 0 Å². The van der Waals surface area contributed by atoms with Crippen LogP contribution in [0, 0.1) is 10.1 Å². The number of nitro groups is 1. The molecule has 3 aromatic rings. The molecule has 0 saturated heterocycles. The Kier molecular flexibility index (Phi) is 5.99. The monoisotopic (exact) mass is 389 g/mol. The number of anilines is 1. The van der Waals surface area contributed by atoms with Gasteiger partial charge in [0.25, 0.3) is 17.5 Å². The van der Waals surface area contributed by atoms with Gasteiger partial charge in [0, 0.05) is 30.9 Å². The van der Waals surface area contributed by atoms with Crippen LogP contribution in [0.15, 0.2) is 78.9 Å². The summed E-state index contributed by atoms with van der Waals surface area (Å²) in [5.74, 6) is -0.810. The van der Waals surface area contributed by atoms with Gasteiger partial charge in [-0.2, -0.15) is 0 Å². The van der Waals surface area contributed by atoms with Crippen LogP contribution < -0.4 is 5.32 Å². The van der Waals surface area contributed by atoms with E-state index in [-0.39, 0.29) is 17.2 Å². The number of amides is 2. The number of nitrogens with one attached hydrogen (secondary N) is 1. The molecule has 0 atom stereocenters. The minimum absolute atomic E-state index is 0.0459. The van der Waals surface area contributed by atoms with E-state index in [1.54, 1.807) is 42.3 Å². The van der Waals surface area contributed by atoms with Crippen molar-refractivity contribution in [3.63, 3.8) is 0 Å². The lowest BCUT2D eigenvalue weighted by Crippen LogP contribution is -2.26. The second-order valence-electron chi connectivity index (χ2n) is 6.46. The van der Waals surface area contributed by atoms with Gasteiger partial charge in [-0.25, -0.2) is 0 Å². The first kappa shape index (κ1) is 19.8. The first-order valence-electron chi connectivity index (χ1n) is 8.90. The zero-order chi connectivity index (χ0) is 20.8. The average Bonchev–Trinajstić information content (AvgIpc) is 2.74. The maximum atomic E-state index is 12.7. The van der Waals surface area contributed by atoms with Crippen molar-refractivity contribution in [1.82, 2.24) is 4.90 Å². The van der Waals surface area contributed by atoms with Crippen molar-refractivity contribution in [1.29, 1.82) is 0 Å². The third kappa shape index (κ3) is 4.84. The van der Waals surface area contributed by atoms with Gasteiger partial charge in [-0.05, 0) is 29.8 Å². The maximum Gasteiger partial charge on any atom is 0.282 e. The summed E-state index contributed by atoms with van der Waals surface area (Å²) in [5, 5.41) is 13.7. The molecule has 0 saturated carbocycles. The molecule has 0 spiro atoms. The van der Waals surface area contributed by atoms with Crippen LogP contribution in [0.2, 0.25) is 0 Å². The second kappa shape index (κ2) is 8.79. The lowest BCUT2D eigenvalue weighted by molar-refractivity contribution is -0.385. The lowest BCUT2D eigenvalue weighted by Gasteiger charge is -2.18. The van der Waals surface area contributed by atoms with Crippen LogP contribution in [-0.2, 0) is 6.54 Å². The van der Waals surface area contributed by atoms with Gasteiger partial charge in [-0.1, -0.05) is 48.5 Å². The minimum atomic E-state index is -0.612. The van der Waals surface area contributed by atoms with Gasteiger partial charge in [-0.3, -0.25) is 19.7 Å². The minimum Gasteiger partial charge on any atom is -0.337 e. The molecule has 0 heterocycles. The smallest absolute Gasteiger partial charge is 0.282 e. The number of hydrogen-bond donors (Lipinski definition) is 1. The van der Waals surface area contributed by atoms with Crippen LogP contribution >= 0.6 is 0 Å². The summed E-state index contributed by atoms with van der Waals surface area (Å²) >= 11 is 0. The third-order valence-corrected chi connectivity index (χ3v) is 4.32. The summed E-state index contributed by atoms with van der Waals surface area (Å²) in [5.41, 5.74) is 1.47. The number of carbonyl (C=O) groups is 2. The highest BCUT2D eigenvalue weighted by atomic mass is 16.6. The van der Waals surface area contributed by atoms with E-state index in [0.29, 0.717) is 17.8 Å². The molecule has 0 aliphatic carbocycles. The molecule has 7 heteroatoms. The van der Waals surface area contributed by atoms with Gasteiger partial charge in [0.1, 0.15) is 5.56 Å². The SMILES string of the molecule is CN(Cc1ccccc1)C(=O)c1cccc(NC(=O)c2ccccc2[N+](=O)[O-])c1. The van der Waals surface area contributed by atoms with Crippen molar-refractivity contribution < 1.29 is 14.5 Å². The van der Waals surface area contributed by atoms with E-state index in [4.69, 9.17) is 0 Å². The fourth-order valence-electron chi connectivity index (χ4n) is 2.90. The Morgan fingerprint density at radius 2 is 1.66 bits per heavy atom. The number of nitrogens with zero attached hydrogens (tertiary/aromatic N) is 2. The maximum absolute atomic E-state index is 12.7. The Bertz CT molecular complexity index is 1050. The molecule has 0 bridgehead atoms. The molecule has 0 aromatic heterocycles. The predicted octanol–water partition coefficient (Wildman–Crippen LogP) is 4.12. The Labute approximate surface area is 167 Å². The summed E-state index contributed by atoms with van der Waals surface area (Å²) in [6, 6.07) is 21.8. The number of benzene rings is 3. The van der Waals surface area contributed by atoms with Gasteiger partial charge >= 0.3 is 0 Å². The fourth-order valence-corrected chi connectivity index (χ4v) is 2.90. The van der Waals surface area contributed by atoms with E-state index in [2.05, 4.69) is 5.32 Å². The van der Waals surface area contributed by atoms with Crippen molar-refractivity contribution in [2.24, 2.45) is 0 Å². The zero-order valence-corrected chi connectivity index (χ0v) is 15.7. The Morgan fingerprint density at radius 1 is 0.966 bits per heavy atom. The molecule has 3 rings (SSSR count). The number of para-hydroxylation sites is 1. The van der Waals surface area contributed by atoms with Crippen molar-refractivity contribution in [3.05, 3.63) is 106 Å². The molecule has 0 unspecified atom stereocenters. The molecular weight excluding hydrogens is 370 g/mol. The normalized spacial score (nSPS) is 10.2. The standard InChI is InChI=1S/C22H19N3O4/c1-24(15-16-8-3-2-4-9-16)22(27)17-10-7-11-18(14-17)23-21(26)19-12-5-6-13-20(19)25(28)29/h2-14H,15H2,1H3,(H,23,26). The van der Waals surface area contributed by atoms with E-state index in [9.17, 15) is 19.7 Å². The van der Waals surface area contributed by atoms with Gasteiger partial charge < -0.3 is 10.2 Å². The lowest BCUT2D eigenvalue weighted by atomic mass is 10.1. The summed E-state index contributed by atoms with van der Waals surface area (Å²) in [6.07, 6.45) is 0. The third-order valence-electron chi connectivity index (χ3n) is 4.32. The average molecular weight is 389 g/mol. The molecular formula is C22H19N3O4. The summed E-state index contributed by atoms with van der Waals surface area (Å²) in [6.45, 7) is 0.451. The van der Waals surface area contributed by atoms with Crippen molar-refractivity contribution >= 4 is 23.2 Å². The van der Waals surface area contributed by atoms with E-state index >= 15 is 0 Å². The van der Waals surface area contributed by atoms with Crippen LogP contribution in [0.5, 0.6) is 0 Å². The molecule has 0 fully saturated rings. The summed E-state index contributed by atoms with van der Waals surface area (Å²) < 4.78 is 0. The topological polar surface area (TPSA) is 92.6 Å². The van der Waals surface area contributed by atoms with Gasteiger partial charge in [0.05, 0.1) is 4.92 Å². The highest BCUT2D eigenvalue weighted by Gasteiger charge is 2.20. The molecule has 0 aliphatic rings. The number of hydrogen-bond acceptors (Lipinski definition) is 4. The van der Waals surface area contributed by atoms with Crippen LogP contribution in [-0.4, -0.2) is 28.7 Å². The quantitative estimate of drug-likeness (QED) is 0.507. The Hall–Kier alpha value is -4.00. The Morgan fingerprint density at radius 3 is 2.38 bits per heavy atom. The van der Waals surface area contributed by atoms with Crippen molar-refractivity contribution in [2.75, 3.05) is 12.4 Å². The molecule has 2 amide bonds. The highest BCUT2D eigenvalue weighted by Crippen LogP contribution is 2.20. The molecule has 0 radical (unpaired) electrons. The fraction of sp³-hybridized carbons (Fsp3) is 0.0909. The Balaban J connectivity index is 1.75. The van der Waals surface area contributed by atoms with Gasteiger partial charge in [0.2, 0.25) is 0 Å². The number of rotatable bonds is 6. The molecule has 1 N–H and O–H groups in total. The summed E-state index contributed by atoms with van der Waals surface area (Å²) in [7, 11) is 1.70. The first-order valence-corrected chi connectivity index (χ1v) is 8.90. The molecule has 29 heavy (non-hydrogen) atoms. The number of carbonyl (C=O) groups excluding carboxylic acids is 2. The van der Waals surface area contributed by atoms with Crippen LogP contribution in [0.4, 0.5) is 11.4 Å². The largest absolute Gasteiger partial charge is 0.337 e. The van der Waals surface area contributed by atoms with Gasteiger partial charge in [-0.15, -0.1) is 0 Å². The van der Waals surface area contributed by atoms with E-state index in [1.165, 1.54) is 18.2 Å². The molecule has 0 aliphatic heterocycles. The highest BCUT2D eigenvalue weighted by molar-refractivity contribution is 6.07. The summed E-state index contributed by atoms with van der Waals surface area (Å²) in [4.78, 5) is 37.3. The van der Waals surface area contributed by atoms with E-state index in [1.807, 2.05) is 30.3 Å². The predicted molar refractivity (Wildman–Crippen MR) is 110 cm³/mol. The zero-order valence-electron chi connectivity index (χ0n) is 15.7. The molecule has 7 nitrogen and oxygen atoms in total. The first-order chi connectivity index (χ1) is 14.0. The molecule has 3 aromatic carbocycles. The van der Waals surface area contributed by atoms with Crippen molar-refractivity contribution in [2.45, 2.75) is 6.54 Å². The van der Waals surface area contributed by atoms with Crippen LogP contribution in [0.1, 0.15) is 26.3 Å². The second-order valence-corrected chi connectivity index (χ2v) is 6.46. The van der Waals surface area contributed by atoms with Crippen molar-refractivity contribution in [3.8, 4) is 0 Å². The van der Waals surface area contributed by atoms with E-state index < -0.39 is 10.8 Å². The van der Waals surface area contributed by atoms with Crippen LogP contribution in [0.25, 0.3) is 0 Å².